The Morgan fingerprint density at radius 2 is 2.00 bits per heavy atom. The fraction of sp³-hybridized carbons (Fsp3) is 0.316. The van der Waals surface area contributed by atoms with Gasteiger partial charge in [-0.2, -0.15) is 0 Å². The van der Waals surface area contributed by atoms with Crippen LogP contribution in [-0.4, -0.2) is 18.8 Å². The summed E-state index contributed by atoms with van der Waals surface area (Å²) < 4.78 is 16.3. The Balaban J connectivity index is 1.74. The molecule has 2 aromatic rings. The van der Waals surface area contributed by atoms with E-state index in [1.165, 1.54) is 0 Å². The van der Waals surface area contributed by atoms with Gasteiger partial charge in [0, 0.05) is 5.56 Å². The number of ether oxygens (including phenoxy) is 3. The van der Waals surface area contributed by atoms with E-state index in [0.29, 0.717) is 22.1 Å². The Morgan fingerprint density at radius 1 is 1.20 bits per heavy atom. The molecule has 1 heterocycles. The minimum absolute atomic E-state index is 0.0934. The van der Waals surface area contributed by atoms with Gasteiger partial charge in [0.1, 0.15) is 5.75 Å². The van der Waals surface area contributed by atoms with E-state index in [1.807, 2.05) is 45.0 Å². The Morgan fingerprint density at radius 3 is 2.76 bits per heavy atom. The van der Waals surface area contributed by atoms with E-state index in [1.54, 1.807) is 12.1 Å². The fourth-order valence-electron chi connectivity index (χ4n) is 2.59. The number of fused-ring (bicyclic) bond motifs is 1. The van der Waals surface area contributed by atoms with Crippen molar-refractivity contribution < 1.29 is 19.0 Å². The van der Waals surface area contributed by atoms with Gasteiger partial charge in [-0.05, 0) is 50.6 Å². The number of benzene rings is 2. The first-order valence-electron chi connectivity index (χ1n) is 8.10. The van der Waals surface area contributed by atoms with Crippen LogP contribution in [0.15, 0.2) is 36.4 Å². The van der Waals surface area contributed by atoms with Crippen molar-refractivity contribution in [3.8, 4) is 17.2 Å². The number of nitrogens with one attached hydrogen (secondary N) is 1. The summed E-state index contributed by atoms with van der Waals surface area (Å²) in [6.45, 7) is 5.97. The molecular weight excluding hydrogens is 342 g/mol. The maximum Gasteiger partial charge on any atom is 0.251 e. The van der Waals surface area contributed by atoms with Crippen molar-refractivity contribution in [1.82, 2.24) is 5.32 Å². The monoisotopic (exact) mass is 361 g/mol. The van der Waals surface area contributed by atoms with E-state index in [4.69, 9.17) is 25.8 Å². The molecule has 0 aliphatic carbocycles. The molecule has 1 aliphatic heterocycles. The maximum absolute atomic E-state index is 12.5. The fourth-order valence-corrected chi connectivity index (χ4v) is 2.86. The second-order valence-electron chi connectivity index (χ2n) is 6.13. The van der Waals surface area contributed by atoms with Crippen LogP contribution in [0.4, 0.5) is 0 Å². The van der Waals surface area contributed by atoms with E-state index in [-0.39, 0.29) is 24.8 Å². The van der Waals surface area contributed by atoms with Crippen molar-refractivity contribution in [2.45, 2.75) is 32.9 Å². The zero-order chi connectivity index (χ0) is 18.0. The predicted octanol–water partition coefficient (Wildman–Crippen LogP) is 4.35. The van der Waals surface area contributed by atoms with Gasteiger partial charge in [-0.1, -0.05) is 23.7 Å². The number of hydrogen-bond acceptors (Lipinski definition) is 4. The number of rotatable bonds is 5. The van der Waals surface area contributed by atoms with E-state index >= 15 is 0 Å². The Hall–Kier alpha value is -2.40. The third-order valence-corrected chi connectivity index (χ3v) is 4.05. The molecule has 0 radical (unpaired) electrons. The average molecular weight is 362 g/mol. The van der Waals surface area contributed by atoms with E-state index in [2.05, 4.69) is 5.32 Å². The van der Waals surface area contributed by atoms with Crippen molar-refractivity contribution in [3.05, 3.63) is 52.5 Å². The summed E-state index contributed by atoms with van der Waals surface area (Å²) in [5, 5.41) is 3.32. The predicted molar refractivity (Wildman–Crippen MR) is 95.7 cm³/mol. The van der Waals surface area contributed by atoms with Crippen molar-refractivity contribution in [3.63, 3.8) is 0 Å². The van der Waals surface area contributed by atoms with Crippen LogP contribution in [0.25, 0.3) is 0 Å². The minimum Gasteiger partial charge on any atom is -0.491 e. The molecule has 1 amide bonds. The zero-order valence-electron chi connectivity index (χ0n) is 14.3. The standard InChI is InChI=1S/C19H20ClNO4/c1-11(2)25-15-6-4-5-13(7-15)12(3)21-19(22)14-8-16(20)18-17(9-14)23-10-24-18/h4-9,11-12H,10H2,1-3H3,(H,21,22). The second kappa shape index (κ2) is 7.23. The van der Waals surface area contributed by atoms with Crippen molar-refractivity contribution >= 4 is 17.5 Å². The molecule has 0 bridgehead atoms. The lowest BCUT2D eigenvalue weighted by Crippen LogP contribution is -2.26. The normalized spacial score (nSPS) is 13.6. The summed E-state index contributed by atoms with van der Waals surface area (Å²) in [5.41, 5.74) is 1.38. The van der Waals surface area contributed by atoms with Crippen LogP contribution in [-0.2, 0) is 0 Å². The van der Waals surface area contributed by atoms with Crippen LogP contribution in [0.3, 0.4) is 0 Å². The first kappa shape index (κ1) is 17.4. The molecule has 1 N–H and O–H groups in total. The van der Waals surface area contributed by atoms with Crippen molar-refractivity contribution in [2.24, 2.45) is 0 Å². The zero-order valence-corrected chi connectivity index (χ0v) is 15.1. The van der Waals surface area contributed by atoms with Gasteiger partial charge in [0.2, 0.25) is 6.79 Å². The summed E-state index contributed by atoms with van der Waals surface area (Å²) in [7, 11) is 0. The van der Waals surface area contributed by atoms with Gasteiger partial charge in [-0.3, -0.25) is 4.79 Å². The van der Waals surface area contributed by atoms with Crippen molar-refractivity contribution in [1.29, 1.82) is 0 Å². The molecular formula is C19H20ClNO4. The smallest absolute Gasteiger partial charge is 0.251 e. The minimum atomic E-state index is -0.233. The summed E-state index contributed by atoms with van der Waals surface area (Å²) in [6, 6.07) is 10.7. The molecule has 0 saturated heterocycles. The lowest BCUT2D eigenvalue weighted by Gasteiger charge is -2.17. The summed E-state index contributed by atoms with van der Waals surface area (Å²) in [5.74, 6) is 1.50. The first-order valence-corrected chi connectivity index (χ1v) is 8.48. The second-order valence-corrected chi connectivity index (χ2v) is 6.53. The van der Waals surface area contributed by atoms with Gasteiger partial charge >= 0.3 is 0 Å². The Kier molecular flexibility index (Phi) is 5.04. The van der Waals surface area contributed by atoms with Gasteiger partial charge in [0.15, 0.2) is 11.5 Å². The Labute approximate surface area is 151 Å². The van der Waals surface area contributed by atoms with Gasteiger partial charge in [0.25, 0.3) is 5.91 Å². The van der Waals surface area contributed by atoms with Gasteiger partial charge in [0.05, 0.1) is 17.2 Å². The largest absolute Gasteiger partial charge is 0.491 e. The third kappa shape index (κ3) is 3.99. The molecule has 25 heavy (non-hydrogen) atoms. The summed E-state index contributed by atoms with van der Waals surface area (Å²) in [4.78, 5) is 12.5. The first-order chi connectivity index (χ1) is 11.9. The van der Waals surface area contributed by atoms with Crippen molar-refractivity contribution in [2.75, 3.05) is 6.79 Å². The van der Waals surface area contributed by atoms with E-state index in [0.717, 1.165) is 11.3 Å². The highest BCUT2D eigenvalue weighted by atomic mass is 35.5. The average Bonchev–Trinajstić information content (AvgIpc) is 3.03. The molecule has 2 aromatic carbocycles. The highest BCUT2D eigenvalue weighted by molar-refractivity contribution is 6.32. The van der Waals surface area contributed by atoms with Crippen LogP contribution < -0.4 is 19.5 Å². The summed E-state index contributed by atoms with van der Waals surface area (Å²) >= 11 is 6.14. The summed E-state index contributed by atoms with van der Waals surface area (Å²) in [6.07, 6.45) is 0.0934. The quantitative estimate of drug-likeness (QED) is 0.860. The van der Waals surface area contributed by atoms with Crippen LogP contribution in [0, 0.1) is 0 Å². The van der Waals surface area contributed by atoms with Crippen LogP contribution in [0.5, 0.6) is 17.2 Å². The van der Waals surface area contributed by atoms with Crippen LogP contribution >= 0.6 is 11.6 Å². The van der Waals surface area contributed by atoms with Crippen LogP contribution in [0.2, 0.25) is 5.02 Å². The van der Waals surface area contributed by atoms with E-state index < -0.39 is 0 Å². The van der Waals surface area contributed by atoms with Gasteiger partial charge in [-0.15, -0.1) is 0 Å². The topological polar surface area (TPSA) is 56.8 Å². The molecule has 6 heteroatoms. The molecule has 1 aliphatic rings. The Bertz CT molecular complexity index is 791. The SMILES string of the molecule is CC(C)Oc1cccc(C(C)NC(=O)c2cc(Cl)c3c(c2)OCO3)c1. The van der Waals surface area contributed by atoms with E-state index in [9.17, 15) is 4.79 Å². The number of halogens is 1. The van der Waals surface area contributed by atoms with Gasteiger partial charge in [-0.25, -0.2) is 0 Å². The molecule has 1 unspecified atom stereocenters. The third-order valence-electron chi connectivity index (χ3n) is 3.77. The number of carbonyl (C=O) groups is 1. The number of amides is 1. The van der Waals surface area contributed by atoms with Crippen LogP contribution in [0.1, 0.15) is 42.7 Å². The number of carbonyl (C=O) groups excluding carboxylic acids is 1. The number of hydrogen-bond donors (Lipinski definition) is 1. The molecule has 0 fully saturated rings. The highest BCUT2D eigenvalue weighted by Gasteiger charge is 2.21. The molecule has 132 valence electrons. The molecule has 3 rings (SSSR count). The maximum atomic E-state index is 12.5. The lowest BCUT2D eigenvalue weighted by atomic mass is 10.1. The molecule has 5 nitrogen and oxygen atoms in total. The highest BCUT2D eigenvalue weighted by Crippen LogP contribution is 2.39. The lowest BCUT2D eigenvalue weighted by molar-refractivity contribution is 0.0939. The van der Waals surface area contributed by atoms with Gasteiger partial charge < -0.3 is 19.5 Å². The molecule has 1 atom stereocenters. The molecule has 0 aromatic heterocycles. The molecule has 0 spiro atoms. The molecule has 0 saturated carbocycles.